The second-order valence-electron chi connectivity index (χ2n) is 5.14. The van der Waals surface area contributed by atoms with Crippen LogP contribution in [0.3, 0.4) is 0 Å². The Labute approximate surface area is 92.4 Å². The van der Waals surface area contributed by atoms with Crippen LogP contribution in [0.5, 0.6) is 0 Å². The summed E-state index contributed by atoms with van der Waals surface area (Å²) in [6, 6.07) is 0. The van der Waals surface area contributed by atoms with Gasteiger partial charge in [-0.2, -0.15) is 0 Å². The van der Waals surface area contributed by atoms with Gasteiger partial charge < -0.3 is 10.5 Å². The molecule has 2 unspecified atom stereocenters. The molecule has 3 nitrogen and oxygen atoms in total. The number of nitrogens with two attached hydrogens (primary N) is 1. The summed E-state index contributed by atoms with van der Waals surface area (Å²) in [6.07, 6.45) is 3.98. The molecule has 0 aromatic carbocycles. The minimum atomic E-state index is -0.618. The Morgan fingerprint density at radius 2 is 2.27 bits per heavy atom. The van der Waals surface area contributed by atoms with E-state index in [1.54, 1.807) is 0 Å². The van der Waals surface area contributed by atoms with Crippen LogP contribution < -0.4 is 5.73 Å². The first-order chi connectivity index (χ1) is 6.94. The molecule has 0 aliphatic heterocycles. The van der Waals surface area contributed by atoms with E-state index in [4.69, 9.17) is 10.5 Å². The fourth-order valence-electron chi connectivity index (χ4n) is 2.23. The van der Waals surface area contributed by atoms with E-state index < -0.39 is 5.54 Å². The second-order valence-corrected chi connectivity index (χ2v) is 5.14. The summed E-state index contributed by atoms with van der Waals surface area (Å²) in [7, 11) is 0. The number of Topliss-reactive ketones (excluding diaryl/α,β-unsaturated/α-hetero) is 1. The van der Waals surface area contributed by atoms with Crippen molar-refractivity contribution in [2.24, 2.45) is 11.7 Å². The molecule has 1 aliphatic rings. The molecule has 0 bridgehead atoms. The summed E-state index contributed by atoms with van der Waals surface area (Å²) in [5.74, 6) is 0.634. The normalized spacial score (nSPS) is 31.9. The summed E-state index contributed by atoms with van der Waals surface area (Å²) < 4.78 is 5.33. The molecule has 0 heterocycles. The number of carbonyl (C=O) groups is 1. The van der Waals surface area contributed by atoms with Gasteiger partial charge in [0.05, 0.1) is 11.6 Å². The lowest BCUT2D eigenvalue weighted by Gasteiger charge is -2.35. The van der Waals surface area contributed by atoms with Crippen LogP contribution in [0.2, 0.25) is 0 Å². The van der Waals surface area contributed by atoms with Crippen LogP contribution in [0.4, 0.5) is 0 Å². The van der Waals surface area contributed by atoms with Crippen LogP contribution in [0.1, 0.15) is 46.5 Å². The average Bonchev–Trinajstić information content (AvgIpc) is 2.13. The highest BCUT2D eigenvalue weighted by Crippen LogP contribution is 2.31. The van der Waals surface area contributed by atoms with Gasteiger partial charge in [0.2, 0.25) is 0 Å². The van der Waals surface area contributed by atoms with Crippen LogP contribution in [0, 0.1) is 5.92 Å². The molecule has 1 rings (SSSR count). The van der Waals surface area contributed by atoms with Gasteiger partial charge in [-0.05, 0) is 32.6 Å². The van der Waals surface area contributed by atoms with Gasteiger partial charge in [0.1, 0.15) is 6.61 Å². The molecule has 0 amide bonds. The molecule has 2 atom stereocenters. The SMILES string of the molecule is CC1CCCC(N)(C(=O)COC(C)C)C1. The number of rotatable bonds is 4. The third-order valence-electron chi connectivity index (χ3n) is 3.14. The quantitative estimate of drug-likeness (QED) is 0.776. The zero-order chi connectivity index (χ0) is 11.5. The van der Waals surface area contributed by atoms with Crippen molar-refractivity contribution in [3.8, 4) is 0 Å². The third-order valence-corrected chi connectivity index (χ3v) is 3.14. The number of hydrogen-bond donors (Lipinski definition) is 1. The standard InChI is InChI=1S/C12H23NO2/c1-9(2)15-8-11(14)12(13)6-4-5-10(3)7-12/h9-10H,4-8,13H2,1-3H3. The predicted octanol–water partition coefficient (Wildman–Crippen LogP) is 1.89. The van der Waals surface area contributed by atoms with Gasteiger partial charge in [0, 0.05) is 0 Å². The molecule has 15 heavy (non-hydrogen) atoms. The van der Waals surface area contributed by atoms with E-state index in [9.17, 15) is 4.79 Å². The Morgan fingerprint density at radius 1 is 1.60 bits per heavy atom. The fraction of sp³-hybridized carbons (Fsp3) is 0.917. The van der Waals surface area contributed by atoms with Gasteiger partial charge in [-0.1, -0.05) is 19.8 Å². The van der Waals surface area contributed by atoms with E-state index in [0.29, 0.717) is 5.92 Å². The van der Waals surface area contributed by atoms with Crippen molar-refractivity contribution in [2.45, 2.75) is 58.1 Å². The van der Waals surface area contributed by atoms with Crippen molar-refractivity contribution in [2.75, 3.05) is 6.61 Å². The molecule has 1 saturated carbocycles. The minimum absolute atomic E-state index is 0.0720. The Balaban J connectivity index is 2.48. The second kappa shape index (κ2) is 5.08. The Bertz CT molecular complexity index is 228. The van der Waals surface area contributed by atoms with Crippen molar-refractivity contribution >= 4 is 5.78 Å². The maximum atomic E-state index is 11.9. The summed E-state index contributed by atoms with van der Waals surface area (Å²) in [4.78, 5) is 11.9. The third kappa shape index (κ3) is 3.58. The van der Waals surface area contributed by atoms with Gasteiger partial charge in [-0.15, -0.1) is 0 Å². The molecule has 0 spiro atoms. The fourth-order valence-corrected chi connectivity index (χ4v) is 2.23. The number of carbonyl (C=O) groups excluding carboxylic acids is 1. The molecule has 0 radical (unpaired) electrons. The highest BCUT2D eigenvalue weighted by molar-refractivity contribution is 5.89. The summed E-state index contributed by atoms with van der Waals surface area (Å²) in [6.45, 7) is 6.19. The van der Waals surface area contributed by atoms with Crippen LogP contribution in [-0.4, -0.2) is 24.0 Å². The van der Waals surface area contributed by atoms with Crippen LogP contribution in [-0.2, 0) is 9.53 Å². The summed E-state index contributed by atoms with van der Waals surface area (Å²) >= 11 is 0. The zero-order valence-electron chi connectivity index (χ0n) is 10.1. The number of ketones is 1. The summed E-state index contributed by atoms with van der Waals surface area (Å²) in [5.41, 5.74) is 5.53. The molecule has 2 N–H and O–H groups in total. The van der Waals surface area contributed by atoms with Crippen LogP contribution in [0.25, 0.3) is 0 Å². The maximum absolute atomic E-state index is 11.9. The Kier molecular flexibility index (Phi) is 4.29. The van der Waals surface area contributed by atoms with E-state index in [0.717, 1.165) is 19.3 Å². The topological polar surface area (TPSA) is 52.3 Å². The lowest BCUT2D eigenvalue weighted by atomic mass is 9.75. The maximum Gasteiger partial charge on any atom is 0.178 e. The lowest BCUT2D eigenvalue weighted by molar-refractivity contribution is -0.132. The molecule has 0 saturated heterocycles. The van der Waals surface area contributed by atoms with Crippen LogP contribution in [0.15, 0.2) is 0 Å². The van der Waals surface area contributed by atoms with E-state index in [1.807, 2.05) is 13.8 Å². The highest BCUT2D eigenvalue weighted by Gasteiger charge is 2.37. The molecule has 0 aromatic rings. The molecule has 1 aliphatic carbocycles. The van der Waals surface area contributed by atoms with Gasteiger partial charge in [0.25, 0.3) is 0 Å². The molecular weight excluding hydrogens is 190 g/mol. The van der Waals surface area contributed by atoms with Gasteiger partial charge >= 0.3 is 0 Å². The van der Waals surface area contributed by atoms with E-state index >= 15 is 0 Å². The Morgan fingerprint density at radius 3 is 2.80 bits per heavy atom. The van der Waals surface area contributed by atoms with Crippen molar-refractivity contribution < 1.29 is 9.53 Å². The van der Waals surface area contributed by atoms with Crippen molar-refractivity contribution in [1.29, 1.82) is 0 Å². The van der Waals surface area contributed by atoms with Gasteiger partial charge in [0.15, 0.2) is 5.78 Å². The average molecular weight is 213 g/mol. The Hall–Kier alpha value is -0.410. The van der Waals surface area contributed by atoms with Crippen molar-refractivity contribution in [1.82, 2.24) is 0 Å². The zero-order valence-corrected chi connectivity index (χ0v) is 10.1. The lowest BCUT2D eigenvalue weighted by Crippen LogP contribution is -2.52. The van der Waals surface area contributed by atoms with E-state index in [2.05, 4.69) is 6.92 Å². The molecule has 1 fully saturated rings. The minimum Gasteiger partial charge on any atom is -0.371 e. The number of ether oxygens (including phenoxy) is 1. The largest absolute Gasteiger partial charge is 0.371 e. The van der Waals surface area contributed by atoms with Crippen molar-refractivity contribution in [3.05, 3.63) is 0 Å². The van der Waals surface area contributed by atoms with Crippen molar-refractivity contribution in [3.63, 3.8) is 0 Å². The molecule has 3 heteroatoms. The van der Waals surface area contributed by atoms with Crippen LogP contribution >= 0.6 is 0 Å². The van der Waals surface area contributed by atoms with E-state index in [1.165, 1.54) is 6.42 Å². The summed E-state index contributed by atoms with van der Waals surface area (Å²) in [5, 5.41) is 0. The smallest absolute Gasteiger partial charge is 0.178 e. The first-order valence-corrected chi connectivity index (χ1v) is 5.88. The van der Waals surface area contributed by atoms with Gasteiger partial charge in [-0.3, -0.25) is 4.79 Å². The number of hydrogen-bond acceptors (Lipinski definition) is 3. The predicted molar refractivity (Wildman–Crippen MR) is 60.6 cm³/mol. The molecular formula is C12H23NO2. The molecule has 0 aromatic heterocycles. The highest BCUT2D eigenvalue weighted by atomic mass is 16.5. The molecule has 88 valence electrons. The first kappa shape index (κ1) is 12.7. The monoisotopic (exact) mass is 213 g/mol. The van der Waals surface area contributed by atoms with E-state index in [-0.39, 0.29) is 18.5 Å². The van der Waals surface area contributed by atoms with Gasteiger partial charge in [-0.25, -0.2) is 0 Å². The first-order valence-electron chi connectivity index (χ1n) is 5.88.